The van der Waals surface area contributed by atoms with E-state index >= 15 is 0 Å². The molecule has 1 heterocycles. The third-order valence-electron chi connectivity index (χ3n) is 4.27. The van der Waals surface area contributed by atoms with Crippen LogP contribution in [0.15, 0.2) is 0 Å². The third kappa shape index (κ3) is 3.95. The standard InChI is InChI=1S/C14H27N3O/c1-14(13(15)18,16-12-6-7-12)8-11-17-9-4-2-3-5-10-17/h12,16H,2-11H2,1H3,(H2,15,18). The molecule has 0 bridgehead atoms. The molecule has 4 heteroatoms. The van der Waals surface area contributed by atoms with E-state index in [0.717, 1.165) is 13.0 Å². The lowest BCUT2D eigenvalue weighted by molar-refractivity contribution is -0.124. The fourth-order valence-electron chi connectivity index (χ4n) is 2.69. The van der Waals surface area contributed by atoms with Gasteiger partial charge in [0.2, 0.25) is 5.91 Å². The van der Waals surface area contributed by atoms with Gasteiger partial charge in [-0.1, -0.05) is 12.8 Å². The van der Waals surface area contributed by atoms with Gasteiger partial charge in [0.15, 0.2) is 0 Å². The van der Waals surface area contributed by atoms with E-state index in [9.17, 15) is 4.79 Å². The molecule has 4 nitrogen and oxygen atoms in total. The van der Waals surface area contributed by atoms with E-state index in [0.29, 0.717) is 6.04 Å². The molecule has 1 saturated carbocycles. The van der Waals surface area contributed by atoms with Crippen molar-refractivity contribution in [3.63, 3.8) is 0 Å². The molecule has 2 rings (SSSR count). The summed E-state index contributed by atoms with van der Waals surface area (Å²) in [5, 5.41) is 3.42. The molecule has 0 aromatic rings. The Kier molecular flexibility index (Phi) is 4.62. The van der Waals surface area contributed by atoms with E-state index in [2.05, 4.69) is 10.2 Å². The topological polar surface area (TPSA) is 58.4 Å². The van der Waals surface area contributed by atoms with E-state index in [-0.39, 0.29) is 5.91 Å². The van der Waals surface area contributed by atoms with Crippen molar-refractivity contribution < 1.29 is 4.79 Å². The number of hydrogen-bond acceptors (Lipinski definition) is 3. The molecule has 1 unspecified atom stereocenters. The Morgan fingerprint density at radius 3 is 2.39 bits per heavy atom. The van der Waals surface area contributed by atoms with Crippen LogP contribution in [0.1, 0.15) is 51.9 Å². The van der Waals surface area contributed by atoms with Crippen molar-refractivity contribution in [3.05, 3.63) is 0 Å². The van der Waals surface area contributed by atoms with Crippen molar-refractivity contribution in [1.82, 2.24) is 10.2 Å². The quantitative estimate of drug-likeness (QED) is 0.749. The number of nitrogens with two attached hydrogens (primary N) is 1. The Bertz CT molecular complexity index is 283. The Morgan fingerprint density at radius 2 is 1.89 bits per heavy atom. The summed E-state index contributed by atoms with van der Waals surface area (Å²) < 4.78 is 0. The van der Waals surface area contributed by atoms with Crippen LogP contribution in [0.5, 0.6) is 0 Å². The van der Waals surface area contributed by atoms with Crippen molar-refractivity contribution in [2.45, 2.75) is 63.5 Å². The van der Waals surface area contributed by atoms with E-state index in [1.807, 2.05) is 6.92 Å². The normalized spacial score (nSPS) is 25.4. The summed E-state index contributed by atoms with van der Waals surface area (Å²) in [7, 11) is 0. The number of carbonyl (C=O) groups is 1. The van der Waals surface area contributed by atoms with Crippen molar-refractivity contribution in [2.24, 2.45) is 5.73 Å². The molecule has 1 atom stereocenters. The largest absolute Gasteiger partial charge is 0.368 e. The van der Waals surface area contributed by atoms with Crippen molar-refractivity contribution in [1.29, 1.82) is 0 Å². The molecule has 0 aromatic heterocycles. The van der Waals surface area contributed by atoms with Crippen LogP contribution in [0.3, 0.4) is 0 Å². The van der Waals surface area contributed by atoms with Crippen LogP contribution in [0.25, 0.3) is 0 Å². The maximum absolute atomic E-state index is 11.7. The molecule has 104 valence electrons. The highest BCUT2D eigenvalue weighted by atomic mass is 16.1. The van der Waals surface area contributed by atoms with Gasteiger partial charge in [0.25, 0.3) is 0 Å². The molecule has 0 spiro atoms. The summed E-state index contributed by atoms with van der Waals surface area (Å²) in [5.41, 5.74) is 5.05. The number of primary amides is 1. The molecule has 0 aromatic carbocycles. The molecule has 2 aliphatic rings. The average molecular weight is 253 g/mol. The highest BCUT2D eigenvalue weighted by molar-refractivity contribution is 5.84. The number of amides is 1. The van der Waals surface area contributed by atoms with Crippen LogP contribution >= 0.6 is 0 Å². The molecular weight excluding hydrogens is 226 g/mol. The van der Waals surface area contributed by atoms with Gasteiger partial charge in [0.05, 0.1) is 5.54 Å². The Labute approximate surface area is 110 Å². The fraction of sp³-hybridized carbons (Fsp3) is 0.929. The zero-order valence-electron chi connectivity index (χ0n) is 11.6. The Hall–Kier alpha value is -0.610. The first-order valence-electron chi connectivity index (χ1n) is 7.40. The summed E-state index contributed by atoms with van der Waals surface area (Å²) in [6.07, 6.45) is 8.50. The zero-order chi connectivity index (χ0) is 13.0. The minimum atomic E-state index is -0.520. The molecule has 0 radical (unpaired) electrons. The van der Waals surface area contributed by atoms with Gasteiger partial charge >= 0.3 is 0 Å². The summed E-state index contributed by atoms with van der Waals surface area (Å²) in [4.78, 5) is 14.2. The number of nitrogens with one attached hydrogen (secondary N) is 1. The summed E-state index contributed by atoms with van der Waals surface area (Å²) in [6, 6.07) is 0.520. The van der Waals surface area contributed by atoms with Crippen LogP contribution in [0.2, 0.25) is 0 Å². The molecule has 1 aliphatic heterocycles. The van der Waals surface area contributed by atoms with E-state index < -0.39 is 5.54 Å². The molecule has 18 heavy (non-hydrogen) atoms. The van der Waals surface area contributed by atoms with Gasteiger partial charge < -0.3 is 16.0 Å². The van der Waals surface area contributed by atoms with Crippen LogP contribution in [0, 0.1) is 0 Å². The van der Waals surface area contributed by atoms with Gasteiger partial charge in [-0.25, -0.2) is 0 Å². The maximum atomic E-state index is 11.7. The monoisotopic (exact) mass is 253 g/mol. The number of hydrogen-bond donors (Lipinski definition) is 2. The summed E-state index contributed by atoms with van der Waals surface area (Å²) in [5.74, 6) is -0.204. The van der Waals surface area contributed by atoms with Gasteiger partial charge in [-0.05, 0) is 52.1 Å². The van der Waals surface area contributed by atoms with E-state index in [1.165, 1.54) is 51.6 Å². The van der Waals surface area contributed by atoms with Crippen molar-refractivity contribution >= 4 is 5.91 Å². The maximum Gasteiger partial charge on any atom is 0.237 e. The first-order chi connectivity index (χ1) is 8.60. The summed E-state index contributed by atoms with van der Waals surface area (Å²) >= 11 is 0. The van der Waals surface area contributed by atoms with Crippen LogP contribution < -0.4 is 11.1 Å². The molecule has 2 fully saturated rings. The molecule has 1 saturated heterocycles. The molecule has 3 N–H and O–H groups in total. The van der Waals surface area contributed by atoms with Crippen LogP contribution in [-0.2, 0) is 4.79 Å². The number of nitrogens with zero attached hydrogens (tertiary/aromatic N) is 1. The van der Waals surface area contributed by atoms with E-state index in [4.69, 9.17) is 5.73 Å². The van der Waals surface area contributed by atoms with Crippen LogP contribution in [0.4, 0.5) is 0 Å². The fourth-order valence-corrected chi connectivity index (χ4v) is 2.69. The number of likely N-dealkylation sites (tertiary alicyclic amines) is 1. The smallest absolute Gasteiger partial charge is 0.237 e. The van der Waals surface area contributed by atoms with Gasteiger partial charge in [-0.3, -0.25) is 4.79 Å². The van der Waals surface area contributed by atoms with Gasteiger partial charge in [0, 0.05) is 12.6 Å². The lowest BCUT2D eigenvalue weighted by Gasteiger charge is -2.30. The Balaban J connectivity index is 1.82. The SMILES string of the molecule is CC(CCN1CCCCCC1)(NC1CC1)C(N)=O. The lowest BCUT2D eigenvalue weighted by atomic mass is 9.96. The van der Waals surface area contributed by atoms with E-state index in [1.54, 1.807) is 0 Å². The Morgan fingerprint density at radius 1 is 1.28 bits per heavy atom. The number of rotatable bonds is 6. The predicted molar refractivity (Wildman–Crippen MR) is 73.3 cm³/mol. The number of carbonyl (C=O) groups excluding carboxylic acids is 1. The third-order valence-corrected chi connectivity index (χ3v) is 4.27. The average Bonchev–Trinajstić information content (AvgIpc) is 3.13. The predicted octanol–water partition coefficient (Wildman–Crippen LogP) is 1.25. The second kappa shape index (κ2) is 6.02. The second-order valence-corrected chi connectivity index (χ2v) is 6.12. The van der Waals surface area contributed by atoms with Gasteiger partial charge in [-0.15, -0.1) is 0 Å². The van der Waals surface area contributed by atoms with Crippen LogP contribution in [-0.4, -0.2) is 42.0 Å². The van der Waals surface area contributed by atoms with Crippen molar-refractivity contribution in [2.75, 3.05) is 19.6 Å². The minimum Gasteiger partial charge on any atom is -0.368 e. The lowest BCUT2D eigenvalue weighted by Crippen LogP contribution is -2.55. The molecule has 1 amide bonds. The first-order valence-corrected chi connectivity index (χ1v) is 7.40. The summed E-state index contributed by atoms with van der Waals surface area (Å²) in [6.45, 7) is 5.31. The van der Waals surface area contributed by atoms with Crippen molar-refractivity contribution in [3.8, 4) is 0 Å². The zero-order valence-corrected chi connectivity index (χ0v) is 11.6. The first kappa shape index (κ1) is 13.8. The minimum absolute atomic E-state index is 0.204. The van der Waals surface area contributed by atoms with Gasteiger partial charge in [0.1, 0.15) is 0 Å². The highest BCUT2D eigenvalue weighted by Gasteiger charge is 2.36. The molecular formula is C14H27N3O. The van der Waals surface area contributed by atoms with Gasteiger partial charge in [-0.2, -0.15) is 0 Å². The highest BCUT2D eigenvalue weighted by Crippen LogP contribution is 2.24. The second-order valence-electron chi connectivity index (χ2n) is 6.12. The molecule has 1 aliphatic carbocycles.